The van der Waals surface area contributed by atoms with Gasteiger partial charge in [-0.1, -0.05) is 12.1 Å². The van der Waals surface area contributed by atoms with E-state index in [9.17, 15) is 4.79 Å². The first-order valence-electron chi connectivity index (χ1n) is 9.71. The van der Waals surface area contributed by atoms with Crippen LogP contribution in [0.3, 0.4) is 0 Å². The summed E-state index contributed by atoms with van der Waals surface area (Å²) in [5, 5.41) is 4.76. The number of nitrogens with one attached hydrogen (secondary N) is 1. The molecule has 2 aromatic carbocycles. The van der Waals surface area contributed by atoms with Gasteiger partial charge in [-0.05, 0) is 71.3 Å². The number of anilines is 1. The van der Waals surface area contributed by atoms with Gasteiger partial charge in [-0.25, -0.2) is 4.98 Å². The predicted octanol–water partition coefficient (Wildman–Crippen LogP) is 4.53. The van der Waals surface area contributed by atoms with Gasteiger partial charge in [-0.15, -0.1) is 0 Å². The molecule has 6 rings (SSSR count). The minimum atomic E-state index is -0.171. The third-order valence-electron chi connectivity index (χ3n) is 5.90. The van der Waals surface area contributed by atoms with Gasteiger partial charge in [0.1, 0.15) is 5.69 Å². The minimum absolute atomic E-state index is 0.000311. The first kappa shape index (κ1) is 17.2. The van der Waals surface area contributed by atoms with Gasteiger partial charge in [0.15, 0.2) is 0 Å². The van der Waals surface area contributed by atoms with Crippen molar-refractivity contribution >= 4 is 45.2 Å². The van der Waals surface area contributed by atoms with E-state index in [1.807, 2.05) is 30.1 Å². The van der Waals surface area contributed by atoms with E-state index in [1.165, 1.54) is 3.57 Å². The number of amides is 1. The molecule has 29 heavy (non-hydrogen) atoms. The average Bonchev–Trinajstić information content (AvgIpc) is 3.23. The highest BCUT2D eigenvalue weighted by Gasteiger charge is 2.46. The maximum absolute atomic E-state index is 13.6. The predicted molar refractivity (Wildman–Crippen MR) is 119 cm³/mol. The molecule has 0 saturated heterocycles. The third-order valence-corrected chi connectivity index (χ3v) is 6.62. The molecule has 7 heteroatoms. The van der Waals surface area contributed by atoms with Gasteiger partial charge < -0.3 is 4.98 Å². The Hall–Kier alpha value is -2.68. The molecule has 4 aromatic rings. The molecule has 144 valence electrons. The zero-order valence-corrected chi connectivity index (χ0v) is 17.9. The topological polar surface area (TPSA) is 66.8 Å². The second kappa shape index (κ2) is 6.16. The molecular formula is C22H18IN5O. The lowest BCUT2D eigenvalue weighted by molar-refractivity contribution is 0.0985. The number of fused-ring (bicyclic) bond motifs is 2. The highest BCUT2D eigenvalue weighted by atomic mass is 127. The van der Waals surface area contributed by atoms with Crippen LogP contribution in [0.4, 0.5) is 5.69 Å². The summed E-state index contributed by atoms with van der Waals surface area (Å²) in [5.41, 5.74) is 6.64. The number of hydrogen-bond acceptors (Lipinski definition) is 3. The van der Waals surface area contributed by atoms with Crippen LogP contribution in [-0.4, -0.2) is 25.7 Å². The zero-order chi connectivity index (χ0) is 19.7. The average molecular weight is 495 g/mol. The first-order chi connectivity index (χ1) is 14.1. The fourth-order valence-electron chi connectivity index (χ4n) is 4.40. The normalized spacial score (nSPS) is 18.6. The maximum Gasteiger partial charge on any atom is 0.277 e. The lowest BCUT2D eigenvalue weighted by Crippen LogP contribution is -2.30. The molecular weight excluding hydrogens is 477 g/mol. The van der Waals surface area contributed by atoms with Crippen molar-refractivity contribution in [2.24, 2.45) is 7.05 Å². The molecule has 1 saturated carbocycles. The fourth-order valence-corrected chi connectivity index (χ4v) is 4.76. The van der Waals surface area contributed by atoms with Crippen LogP contribution in [0.1, 0.15) is 52.1 Å². The van der Waals surface area contributed by atoms with Gasteiger partial charge >= 0.3 is 0 Å². The Morgan fingerprint density at radius 3 is 2.69 bits per heavy atom. The summed E-state index contributed by atoms with van der Waals surface area (Å²) < 4.78 is 2.95. The van der Waals surface area contributed by atoms with Crippen LogP contribution in [0, 0.1) is 3.57 Å². The van der Waals surface area contributed by atoms with Crippen molar-refractivity contribution in [1.29, 1.82) is 0 Å². The summed E-state index contributed by atoms with van der Waals surface area (Å²) in [6.07, 6.45) is 3.98. The smallest absolute Gasteiger partial charge is 0.277 e. The highest BCUT2D eigenvalue weighted by molar-refractivity contribution is 14.1. The molecule has 1 aliphatic heterocycles. The Morgan fingerprint density at radius 1 is 1.14 bits per heavy atom. The summed E-state index contributed by atoms with van der Waals surface area (Å²) in [4.78, 5) is 23.1. The summed E-state index contributed by atoms with van der Waals surface area (Å²) >= 11 is 2.31. The van der Waals surface area contributed by atoms with Gasteiger partial charge in [0.2, 0.25) is 0 Å². The molecule has 0 radical (unpaired) electrons. The van der Waals surface area contributed by atoms with Gasteiger partial charge in [0.05, 0.1) is 29.1 Å². The number of aromatic amines is 1. The molecule has 2 aromatic heterocycles. The molecule has 3 heterocycles. The Labute approximate surface area is 181 Å². The molecule has 0 bridgehead atoms. The monoisotopic (exact) mass is 495 g/mol. The van der Waals surface area contributed by atoms with E-state index in [2.05, 4.69) is 56.8 Å². The Bertz CT molecular complexity index is 1270. The molecule has 6 nitrogen and oxygen atoms in total. The van der Waals surface area contributed by atoms with Crippen molar-refractivity contribution in [1.82, 2.24) is 19.7 Å². The van der Waals surface area contributed by atoms with Gasteiger partial charge in [0.25, 0.3) is 5.91 Å². The molecule has 1 unspecified atom stereocenters. The van der Waals surface area contributed by atoms with E-state index in [0.29, 0.717) is 11.6 Å². The van der Waals surface area contributed by atoms with E-state index in [0.717, 1.165) is 46.4 Å². The third kappa shape index (κ3) is 2.56. The Balaban J connectivity index is 1.58. The second-order valence-corrected chi connectivity index (χ2v) is 9.02. The lowest BCUT2D eigenvalue weighted by Gasteiger charge is -2.26. The van der Waals surface area contributed by atoms with E-state index in [-0.39, 0.29) is 11.9 Å². The van der Waals surface area contributed by atoms with Crippen LogP contribution in [0.15, 0.2) is 48.8 Å². The number of halogens is 1. The summed E-state index contributed by atoms with van der Waals surface area (Å²) in [6, 6.07) is 14.2. The SMILES string of the molecule is Cn1nc(C2CC2)c2c1C(=O)N(c1ccc3[nH]cnc3c1)C2c1ccc(I)cc1. The van der Waals surface area contributed by atoms with Crippen molar-refractivity contribution in [2.75, 3.05) is 4.90 Å². The number of H-pyrrole nitrogens is 1. The van der Waals surface area contributed by atoms with Gasteiger partial charge in [-0.2, -0.15) is 5.10 Å². The molecule has 1 N–H and O–H groups in total. The lowest BCUT2D eigenvalue weighted by atomic mass is 9.97. The van der Waals surface area contributed by atoms with E-state index >= 15 is 0 Å². The minimum Gasteiger partial charge on any atom is -0.345 e. The number of nitrogens with zero attached hydrogens (tertiary/aromatic N) is 4. The van der Waals surface area contributed by atoms with E-state index in [1.54, 1.807) is 11.0 Å². The Kier molecular flexibility index (Phi) is 3.65. The number of aryl methyl sites for hydroxylation is 1. The molecule has 1 amide bonds. The van der Waals surface area contributed by atoms with Crippen LogP contribution in [-0.2, 0) is 7.05 Å². The van der Waals surface area contributed by atoms with Crippen LogP contribution in [0.5, 0.6) is 0 Å². The fraction of sp³-hybridized carbons (Fsp3) is 0.227. The molecule has 0 spiro atoms. The standard InChI is InChI=1S/C22H18IN5O/c1-27-21-18(19(26-27)12-2-3-12)20(13-4-6-14(23)7-5-13)28(22(21)29)15-8-9-16-17(10-15)25-11-24-16/h4-12,20H,2-3H2,1H3,(H,24,25). The molecule has 1 aliphatic carbocycles. The van der Waals surface area contributed by atoms with Crippen molar-refractivity contribution in [2.45, 2.75) is 24.8 Å². The van der Waals surface area contributed by atoms with Gasteiger partial charge in [-0.3, -0.25) is 14.4 Å². The first-order valence-corrected chi connectivity index (χ1v) is 10.8. The van der Waals surface area contributed by atoms with E-state index < -0.39 is 0 Å². The van der Waals surface area contributed by atoms with Crippen molar-refractivity contribution in [3.63, 3.8) is 0 Å². The number of aromatic nitrogens is 4. The van der Waals surface area contributed by atoms with Crippen LogP contribution >= 0.6 is 22.6 Å². The highest BCUT2D eigenvalue weighted by Crippen LogP contribution is 2.49. The number of rotatable bonds is 3. The second-order valence-electron chi connectivity index (χ2n) is 7.78. The number of carbonyl (C=O) groups excluding carboxylic acids is 1. The summed E-state index contributed by atoms with van der Waals surface area (Å²) in [7, 11) is 1.88. The van der Waals surface area contributed by atoms with Gasteiger partial charge in [0, 0.05) is 27.8 Å². The molecule has 1 fully saturated rings. The van der Waals surface area contributed by atoms with Crippen molar-refractivity contribution in [3.05, 3.63) is 74.9 Å². The largest absolute Gasteiger partial charge is 0.345 e. The van der Waals surface area contributed by atoms with Crippen LogP contribution in [0.2, 0.25) is 0 Å². The summed E-state index contributed by atoms with van der Waals surface area (Å²) in [5.74, 6) is 0.471. The quantitative estimate of drug-likeness (QED) is 0.425. The zero-order valence-electron chi connectivity index (χ0n) is 15.8. The van der Waals surface area contributed by atoms with Crippen molar-refractivity contribution < 1.29 is 4.79 Å². The molecule has 2 aliphatic rings. The number of hydrogen-bond donors (Lipinski definition) is 1. The maximum atomic E-state index is 13.6. The van der Waals surface area contributed by atoms with Crippen LogP contribution < -0.4 is 4.90 Å². The number of carbonyl (C=O) groups is 1. The van der Waals surface area contributed by atoms with E-state index in [4.69, 9.17) is 5.10 Å². The van der Waals surface area contributed by atoms with Crippen LogP contribution in [0.25, 0.3) is 11.0 Å². The number of imidazole rings is 1. The Morgan fingerprint density at radius 2 is 1.93 bits per heavy atom. The molecule has 1 atom stereocenters. The summed E-state index contributed by atoms with van der Waals surface area (Å²) in [6.45, 7) is 0. The van der Waals surface area contributed by atoms with Crippen molar-refractivity contribution in [3.8, 4) is 0 Å². The number of benzene rings is 2.